The highest BCUT2D eigenvalue weighted by molar-refractivity contribution is 7.00. The maximum absolute atomic E-state index is 2.72. The lowest BCUT2D eigenvalue weighted by molar-refractivity contribution is 0.332. The van der Waals surface area contributed by atoms with Crippen LogP contribution < -0.4 is 26.2 Å². The highest BCUT2D eigenvalue weighted by Gasteiger charge is 2.47. The molecule has 8 aromatic carbocycles. The van der Waals surface area contributed by atoms with E-state index in [1.807, 2.05) is 0 Å². The average Bonchev–Trinajstić information content (AvgIpc) is 3.37. The van der Waals surface area contributed by atoms with Crippen LogP contribution in [-0.2, 0) is 27.1 Å². The van der Waals surface area contributed by atoms with Crippen LogP contribution >= 0.6 is 0 Å². The molecule has 2 nitrogen and oxygen atoms in total. The van der Waals surface area contributed by atoms with E-state index < -0.39 is 0 Å². The minimum Gasteiger partial charge on any atom is -0.311 e. The molecular weight excluding hydrogens is 880 g/mol. The van der Waals surface area contributed by atoms with E-state index in [4.69, 9.17) is 0 Å². The summed E-state index contributed by atoms with van der Waals surface area (Å²) in [6.45, 7) is 33.4. The molecule has 0 amide bonds. The van der Waals surface area contributed by atoms with Gasteiger partial charge in [-0.05, 0) is 167 Å². The second-order valence-corrected chi connectivity index (χ2v) is 25.9. The Morgan fingerprint density at radius 3 is 1.59 bits per heavy atom. The van der Waals surface area contributed by atoms with Crippen LogP contribution in [0.5, 0.6) is 0 Å². The summed E-state index contributed by atoms with van der Waals surface area (Å²) in [6.07, 6.45) is 2.30. The molecule has 2 aliphatic heterocycles. The lowest BCUT2D eigenvalue weighted by atomic mass is 9.32. The van der Waals surface area contributed by atoms with Crippen molar-refractivity contribution in [3.05, 3.63) is 209 Å². The summed E-state index contributed by atoms with van der Waals surface area (Å²) in [6, 6.07) is 66.0. The molecule has 0 fully saturated rings. The molecule has 0 spiro atoms. The fraction of sp³-hybridized carbons (Fsp3) is 0.314. The van der Waals surface area contributed by atoms with Crippen LogP contribution in [0.15, 0.2) is 170 Å². The Morgan fingerprint density at radius 2 is 0.959 bits per heavy atom. The van der Waals surface area contributed by atoms with Crippen molar-refractivity contribution < 1.29 is 0 Å². The summed E-state index contributed by atoms with van der Waals surface area (Å²) in [5.41, 5.74) is 25.9. The lowest BCUT2D eigenvalue weighted by Crippen LogP contribution is -2.62. The zero-order chi connectivity index (χ0) is 51.6. The summed E-state index contributed by atoms with van der Waals surface area (Å²) >= 11 is 0. The number of nitrogens with zero attached hydrogens (tertiary/aromatic N) is 2. The molecule has 3 heteroatoms. The molecule has 368 valence electrons. The van der Waals surface area contributed by atoms with Crippen molar-refractivity contribution in [2.24, 2.45) is 0 Å². The molecule has 0 radical (unpaired) electrons. The molecule has 0 unspecified atom stereocenters. The van der Waals surface area contributed by atoms with Gasteiger partial charge in [0.25, 0.3) is 6.71 Å². The number of fused-ring (bicyclic) bond motifs is 5. The minimum atomic E-state index is -0.233. The Bertz CT molecular complexity index is 3410. The monoisotopic (exact) mass is 955 g/mol. The molecule has 73 heavy (non-hydrogen) atoms. The highest BCUT2D eigenvalue weighted by Crippen LogP contribution is 2.53. The standard InChI is InChI=1S/C70H75BN2/c1-45(2)49-39-63-65-64(40-49)73(60-34-30-52(67(6,7)8)41-55(60)48-25-21-24-47(38-48)46-22-17-15-18-23-46)62-44-57-56(68(9,10)36-37-69(57,11)12)43-59(62)71(65)58-42-53(70(13,14)51-26-19-16-20-27-51)31-35-61(58)72(63)54-32-28-50(29-33-54)66(3,4)5/h15-35,38-45H,36-37H2,1-14H3. The first-order valence-electron chi connectivity index (χ1n) is 27.1. The maximum atomic E-state index is 2.72. The van der Waals surface area contributed by atoms with E-state index >= 15 is 0 Å². The van der Waals surface area contributed by atoms with E-state index in [0.29, 0.717) is 0 Å². The molecule has 11 rings (SSSR count). The van der Waals surface area contributed by atoms with Gasteiger partial charge in [-0.15, -0.1) is 0 Å². The third-order valence-corrected chi connectivity index (χ3v) is 17.3. The largest absolute Gasteiger partial charge is 0.311 e. The number of anilines is 6. The first-order valence-corrected chi connectivity index (χ1v) is 27.1. The Labute approximate surface area is 438 Å². The smallest absolute Gasteiger partial charge is 0.252 e. The summed E-state index contributed by atoms with van der Waals surface area (Å²) < 4.78 is 0. The van der Waals surface area contributed by atoms with Gasteiger partial charge < -0.3 is 9.80 Å². The zero-order valence-corrected chi connectivity index (χ0v) is 46.1. The van der Waals surface area contributed by atoms with E-state index in [2.05, 4.69) is 277 Å². The molecule has 0 N–H and O–H groups in total. The first-order chi connectivity index (χ1) is 34.5. The molecule has 3 aliphatic rings. The number of hydrogen-bond donors (Lipinski definition) is 0. The van der Waals surface area contributed by atoms with Gasteiger partial charge in [0.1, 0.15) is 0 Å². The Morgan fingerprint density at radius 1 is 0.425 bits per heavy atom. The van der Waals surface area contributed by atoms with Crippen LogP contribution in [0, 0.1) is 0 Å². The van der Waals surface area contributed by atoms with Gasteiger partial charge in [-0.1, -0.05) is 212 Å². The summed E-state index contributed by atoms with van der Waals surface area (Å²) in [4.78, 5) is 5.33. The Hall–Kier alpha value is -6.58. The number of rotatable bonds is 7. The van der Waals surface area contributed by atoms with Gasteiger partial charge >= 0.3 is 0 Å². The van der Waals surface area contributed by atoms with Crippen LogP contribution in [0.25, 0.3) is 22.3 Å². The first kappa shape index (κ1) is 48.7. The third-order valence-electron chi connectivity index (χ3n) is 17.3. The third kappa shape index (κ3) is 8.27. The van der Waals surface area contributed by atoms with Crippen molar-refractivity contribution in [1.29, 1.82) is 0 Å². The van der Waals surface area contributed by atoms with E-state index in [-0.39, 0.29) is 39.7 Å². The quantitative estimate of drug-likeness (QED) is 0.147. The molecule has 8 aromatic rings. The van der Waals surface area contributed by atoms with E-state index in [0.717, 1.165) is 12.8 Å². The van der Waals surface area contributed by atoms with Gasteiger partial charge in [-0.25, -0.2) is 0 Å². The molecule has 0 bridgehead atoms. The van der Waals surface area contributed by atoms with E-state index in [1.54, 1.807) is 0 Å². The number of benzene rings is 8. The topological polar surface area (TPSA) is 6.48 Å². The molecule has 1 aliphatic carbocycles. The Kier molecular flexibility index (Phi) is 11.5. The zero-order valence-electron chi connectivity index (χ0n) is 46.1. The molecular formula is C70H75BN2. The van der Waals surface area contributed by atoms with Crippen molar-refractivity contribution in [2.45, 2.75) is 143 Å². The van der Waals surface area contributed by atoms with E-state index in [1.165, 1.54) is 112 Å². The summed E-state index contributed by atoms with van der Waals surface area (Å²) in [5, 5.41) is 0. The van der Waals surface area contributed by atoms with Crippen LogP contribution in [0.1, 0.15) is 155 Å². The van der Waals surface area contributed by atoms with Crippen LogP contribution in [0.4, 0.5) is 34.1 Å². The lowest BCUT2D eigenvalue weighted by Gasteiger charge is -2.48. The van der Waals surface area contributed by atoms with Gasteiger partial charge in [0.05, 0.1) is 5.69 Å². The molecule has 0 saturated carbocycles. The van der Waals surface area contributed by atoms with Gasteiger partial charge in [0.15, 0.2) is 0 Å². The van der Waals surface area contributed by atoms with Crippen molar-refractivity contribution in [3.63, 3.8) is 0 Å². The van der Waals surface area contributed by atoms with Gasteiger partial charge in [0, 0.05) is 39.4 Å². The van der Waals surface area contributed by atoms with Crippen molar-refractivity contribution in [1.82, 2.24) is 0 Å². The summed E-state index contributed by atoms with van der Waals surface area (Å²) in [7, 11) is 0. The predicted molar refractivity (Wildman–Crippen MR) is 317 cm³/mol. The van der Waals surface area contributed by atoms with E-state index in [9.17, 15) is 0 Å². The van der Waals surface area contributed by atoms with Crippen LogP contribution in [-0.4, -0.2) is 6.71 Å². The van der Waals surface area contributed by atoms with Crippen molar-refractivity contribution >= 4 is 57.2 Å². The molecule has 0 atom stereocenters. The summed E-state index contributed by atoms with van der Waals surface area (Å²) in [5.74, 6) is 0.289. The van der Waals surface area contributed by atoms with Gasteiger partial charge in [-0.2, -0.15) is 0 Å². The predicted octanol–water partition coefficient (Wildman–Crippen LogP) is 17.5. The Balaban J connectivity index is 1.27. The van der Waals surface area contributed by atoms with Gasteiger partial charge in [0.2, 0.25) is 0 Å². The fourth-order valence-corrected chi connectivity index (χ4v) is 12.4. The average molecular weight is 955 g/mol. The fourth-order valence-electron chi connectivity index (χ4n) is 12.4. The SMILES string of the molecule is CC(C)c1cc2c3c(c1)N(c1ccc(C(C)(C)C)cc1-c1cccc(-c4ccccc4)c1)c1cc4c(cc1B3c1cc(C(C)(C)c3ccccc3)ccc1N2c1ccc(C(C)(C)C)cc1)C(C)(C)CCC4(C)C. The van der Waals surface area contributed by atoms with Crippen LogP contribution in [0.2, 0.25) is 0 Å². The second kappa shape index (κ2) is 17.3. The molecule has 2 heterocycles. The van der Waals surface area contributed by atoms with Crippen molar-refractivity contribution in [3.8, 4) is 22.3 Å². The molecule has 0 aromatic heterocycles. The second-order valence-electron chi connectivity index (χ2n) is 25.9. The molecule has 0 saturated heterocycles. The van der Waals surface area contributed by atoms with Gasteiger partial charge in [-0.3, -0.25) is 0 Å². The maximum Gasteiger partial charge on any atom is 0.252 e. The normalized spacial score (nSPS) is 15.7. The van der Waals surface area contributed by atoms with Crippen molar-refractivity contribution in [2.75, 3.05) is 9.80 Å². The highest BCUT2D eigenvalue weighted by atomic mass is 15.2. The minimum absolute atomic E-state index is 0.00702. The number of hydrogen-bond acceptors (Lipinski definition) is 2. The van der Waals surface area contributed by atoms with Crippen LogP contribution in [0.3, 0.4) is 0 Å².